The molecule has 2 atom stereocenters. The van der Waals surface area contributed by atoms with E-state index in [1.807, 2.05) is 0 Å². The normalized spacial score (nSPS) is 25.1. The van der Waals surface area contributed by atoms with Gasteiger partial charge >= 0.3 is 0 Å². The van der Waals surface area contributed by atoms with Gasteiger partial charge in [-0.05, 0) is 32.7 Å². The molecule has 1 aliphatic heterocycles. The van der Waals surface area contributed by atoms with Gasteiger partial charge in [0, 0.05) is 11.8 Å². The van der Waals surface area contributed by atoms with E-state index >= 15 is 0 Å². The van der Waals surface area contributed by atoms with E-state index in [2.05, 4.69) is 5.32 Å². The molecular weight excluding hydrogens is 286 g/mol. The summed E-state index contributed by atoms with van der Waals surface area (Å²) in [6.45, 7) is 1.64. The minimum absolute atomic E-state index is 0.127. The summed E-state index contributed by atoms with van der Waals surface area (Å²) in [6.07, 6.45) is 3.50. The zero-order valence-electron chi connectivity index (χ0n) is 11.8. The van der Waals surface area contributed by atoms with Crippen LogP contribution in [0.2, 0.25) is 0 Å². The van der Waals surface area contributed by atoms with Gasteiger partial charge in [-0.1, -0.05) is 13.3 Å². The van der Waals surface area contributed by atoms with Crippen LogP contribution in [0.5, 0.6) is 0 Å². The fourth-order valence-corrected chi connectivity index (χ4v) is 5.72. The molecule has 0 amide bonds. The van der Waals surface area contributed by atoms with E-state index in [0.717, 1.165) is 12.8 Å². The first-order chi connectivity index (χ1) is 8.82. The van der Waals surface area contributed by atoms with Gasteiger partial charge < -0.3 is 5.32 Å². The van der Waals surface area contributed by atoms with Crippen molar-refractivity contribution in [2.24, 2.45) is 0 Å². The molecule has 1 rings (SSSR count). The van der Waals surface area contributed by atoms with E-state index in [1.54, 1.807) is 14.0 Å². The summed E-state index contributed by atoms with van der Waals surface area (Å²) in [5, 5.41) is 2.71. The molecule has 1 aliphatic rings. The lowest BCUT2D eigenvalue weighted by Gasteiger charge is -2.29. The van der Waals surface area contributed by atoms with Crippen molar-refractivity contribution in [3.05, 3.63) is 0 Å². The highest BCUT2D eigenvalue weighted by atomic mass is 32.2. The molecule has 19 heavy (non-hydrogen) atoms. The van der Waals surface area contributed by atoms with Crippen LogP contribution in [0.1, 0.15) is 39.0 Å². The molecule has 0 radical (unpaired) electrons. The van der Waals surface area contributed by atoms with Gasteiger partial charge in [0.1, 0.15) is 9.84 Å². The highest BCUT2D eigenvalue weighted by molar-refractivity contribution is 7.92. The Labute approximate surface area is 117 Å². The molecule has 5 nitrogen and oxygen atoms in total. The lowest BCUT2D eigenvalue weighted by molar-refractivity contribution is 0.436. The molecule has 1 heterocycles. The second-order valence-corrected chi connectivity index (χ2v) is 9.99. The average molecular weight is 311 g/mol. The van der Waals surface area contributed by atoms with Crippen molar-refractivity contribution in [2.45, 2.75) is 50.3 Å². The number of hydrogen-bond acceptors (Lipinski definition) is 5. The Balaban J connectivity index is 2.58. The summed E-state index contributed by atoms with van der Waals surface area (Å²) in [5.41, 5.74) is 0. The lowest BCUT2D eigenvalue weighted by atomic mass is 10.0. The topological polar surface area (TPSA) is 80.3 Å². The zero-order valence-corrected chi connectivity index (χ0v) is 13.4. The van der Waals surface area contributed by atoms with Crippen molar-refractivity contribution < 1.29 is 16.8 Å². The summed E-state index contributed by atoms with van der Waals surface area (Å²) in [5.74, 6) is 0.566. The SMILES string of the molecule is CCS(=O)(=O)CCCC(NC)C1CCCCS1(=O)=O. The van der Waals surface area contributed by atoms with Crippen molar-refractivity contribution in [1.29, 1.82) is 0 Å². The highest BCUT2D eigenvalue weighted by Crippen LogP contribution is 2.24. The van der Waals surface area contributed by atoms with Gasteiger partial charge in [0.25, 0.3) is 0 Å². The Morgan fingerprint density at radius 1 is 1.32 bits per heavy atom. The second kappa shape index (κ2) is 7.04. The standard InChI is InChI=1S/C12H25NO4S2/c1-3-18(14,15)9-6-7-11(13-2)12-8-4-5-10-19(12,16)17/h11-13H,3-10H2,1-2H3. The molecule has 0 aromatic carbocycles. The largest absolute Gasteiger partial charge is 0.316 e. The molecule has 1 N–H and O–H groups in total. The molecule has 0 aromatic heterocycles. The lowest BCUT2D eigenvalue weighted by Crippen LogP contribution is -2.45. The second-order valence-electron chi connectivity index (χ2n) is 5.17. The molecule has 7 heteroatoms. The van der Waals surface area contributed by atoms with Crippen molar-refractivity contribution in [3.63, 3.8) is 0 Å². The number of rotatable bonds is 7. The van der Waals surface area contributed by atoms with E-state index in [9.17, 15) is 16.8 Å². The third kappa shape index (κ3) is 5.04. The van der Waals surface area contributed by atoms with Gasteiger partial charge in [0.15, 0.2) is 9.84 Å². The summed E-state index contributed by atoms with van der Waals surface area (Å²) in [7, 11) is -4.23. The Morgan fingerprint density at radius 3 is 2.53 bits per heavy atom. The van der Waals surface area contributed by atoms with Crippen LogP contribution in [0.3, 0.4) is 0 Å². The Kier molecular flexibility index (Phi) is 6.26. The summed E-state index contributed by atoms with van der Waals surface area (Å²) < 4.78 is 46.9. The first-order valence-corrected chi connectivity index (χ1v) is 10.5. The average Bonchev–Trinajstić information content (AvgIpc) is 2.35. The van der Waals surface area contributed by atoms with Crippen molar-refractivity contribution >= 4 is 19.7 Å². The maximum absolute atomic E-state index is 12.0. The summed E-state index contributed by atoms with van der Waals surface area (Å²) >= 11 is 0. The van der Waals surface area contributed by atoms with Gasteiger partial charge in [0.05, 0.1) is 16.8 Å². The molecule has 0 spiro atoms. The molecule has 0 aliphatic carbocycles. The molecule has 2 unspecified atom stereocenters. The minimum Gasteiger partial charge on any atom is -0.316 e. The van der Waals surface area contributed by atoms with Crippen LogP contribution in [0, 0.1) is 0 Å². The molecular formula is C12H25NO4S2. The van der Waals surface area contributed by atoms with Crippen LogP contribution in [-0.4, -0.2) is 52.4 Å². The predicted molar refractivity (Wildman–Crippen MR) is 77.8 cm³/mol. The molecule has 0 bridgehead atoms. The van der Waals surface area contributed by atoms with Gasteiger partial charge in [-0.2, -0.15) is 0 Å². The van der Waals surface area contributed by atoms with Crippen molar-refractivity contribution in [2.75, 3.05) is 24.3 Å². The van der Waals surface area contributed by atoms with Crippen LogP contribution in [0.4, 0.5) is 0 Å². The van der Waals surface area contributed by atoms with Gasteiger partial charge in [0.2, 0.25) is 0 Å². The third-order valence-corrected chi connectivity index (χ3v) is 7.99. The quantitative estimate of drug-likeness (QED) is 0.750. The highest BCUT2D eigenvalue weighted by Gasteiger charge is 2.34. The maximum atomic E-state index is 12.0. The van der Waals surface area contributed by atoms with Crippen molar-refractivity contribution in [1.82, 2.24) is 5.32 Å². The molecule has 0 saturated carbocycles. The minimum atomic E-state index is -3.02. The van der Waals surface area contributed by atoms with Crippen LogP contribution in [0.25, 0.3) is 0 Å². The first-order valence-electron chi connectivity index (χ1n) is 6.91. The van der Waals surface area contributed by atoms with Gasteiger partial charge in [-0.15, -0.1) is 0 Å². The fraction of sp³-hybridized carbons (Fsp3) is 1.00. The molecule has 114 valence electrons. The van der Waals surface area contributed by atoms with E-state index in [0.29, 0.717) is 19.3 Å². The van der Waals surface area contributed by atoms with Crippen LogP contribution in [0.15, 0.2) is 0 Å². The first kappa shape index (κ1) is 16.9. The van der Waals surface area contributed by atoms with Crippen LogP contribution < -0.4 is 5.32 Å². The van der Waals surface area contributed by atoms with E-state index in [-0.39, 0.29) is 28.6 Å². The number of nitrogens with one attached hydrogen (secondary N) is 1. The number of sulfone groups is 2. The predicted octanol–water partition coefficient (Wildman–Crippen LogP) is 0.757. The third-order valence-electron chi connectivity index (χ3n) is 3.86. The molecule has 1 saturated heterocycles. The molecule has 0 aromatic rings. The van der Waals surface area contributed by atoms with Gasteiger partial charge in [-0.25, -0.2) is 16.8 Å². The maximum Gasteiger partial charge on any atom is 0.154 e. The number of hydrogen-bond donors (Lipinski definition) is 1. The Bertz CT molecular complexity index is 470. The van der Waals surface area contributed by atoms with Crippen LogP contribution >= 0.6 is 0 Å². The van der Waals surface area contributed by atoms with E-state index < -0.39 is 19.7 Å². The van der Waals surface area contributed by atoms with Gasteiger partial charge in [-0.3, -0.25) is 0 Å². The monoisotopic (exact) mass is 311 g/mol. The van der Waals surface area contributed by atoms with Crippen molar-refractivity contribution in [3.8, 4) is 0 Å². The Hall–Kier alpha value is -0.140. The van der Waals surface area contributed by atoms with Crippen LogP contribution in [-0.2, 0) is 19.7 Å². The smallest absolute Gasteiger partial charge is 0.154 e. The summed E-state index contributed by atoms with van der Waals surface area (Å²) in [6, 6.07) is -0.127. The zero-order chi connectivity index (χ0) is 14.5. The van der Waals surface area contributed by atoms with E-state index in [1.165, 1.54) is 0 Å². The Morgan fingerprint density at radius 2 is 2.00 bits per heavy atom. The molecule has 1 fully saturated rings. The van der Waals surface area contributed by atoms with E-state index in [4.69, 9.17) is 0 Å². The fourth-order valence-electron chi connectivity index (χ4n) is 2.61. The summed E-state index contributed by atoms with van der Waals surface area (Å²) in [4.78, 5) is 0.